The van der Waals surface area contributed by atoms with Crippen molar-refractivity contribution in [2.24, 2.45) is 0 Å². The minimum atomic E-state index is 0.611. The van der Waals surface area contributed by atoms with Crippen molar-refractivity contribution in [2.45, 2.75) is 0 Å². The number of rotatable bonds is 5. The van der Waals surface area contributed by atoms with E-state index < -0.39 is 0 Å². The Bertz CT molecular complexity index is 2570. The number of fused-ring (bicyclic) bond motifs is 4. The molecule has 0 aliphatic heterocycles. The van der Waals surface area contributed by atoms with Crippen LogP contribution >= 0.6 is 0 Å². The Morgan fingerprint density at radius 3 is 1.66 bits per heavy atom. The van der Waals surface area contributed by atoms with Gasteiger partial charge in [-0.1, -0.05) is 133 Å². The molecule has 0 bridgehead atoms. The number of hydrogen-bond donors (Lipinski definition) is 0. The van der Waals surface area contributed by atoms with E-state index in [2.05, 4.69) is 97.1 Å². The van der Waals surface area contributed by atoms with Crippen molar-refractivity contribution < 1.29 is 4.42 Å². The van der Waals surface area contributed by atoms with Gasteiger partial charge in [-0.05, 0) is 63.4 Å². The van der Waals surface area contributed by atoms with E-state index in [1.165, 1.54) is 22.3 Å². The van der Waals surface area contributed by atoms with Crippen LogP contribution in [0.5, 0.6) is 0 Å². The summed E-state index contributed by atoms with van der Waals surface area (Å²) < 4.78 is 6.19. The highest BCUT2D eigenvalue weighted by Gasteiger charge is 2.18. The molecule has 2 aromatic heterocycles. The molecule has 2 heterocycles. The summed E-state index contributed by atoms with van der Waals surface area (Å²) in [6, 6.07) is 56.5. The standard InChI is InChI=1S/C43H27N3O/c1-3-11-28(12-4-1)30-15-9-16-31(25-30)32-21-22-34-27-35(24-23-33(34)26-32)42-44-41(29-13-5-2-6-14-29)45-43(46-42)37-18-10-20-39-40(37)36-17-7-8-19-38(36)47-39/h1-27H. The normalized spacial score (nSPS) is 11.4. The average molecular weight is 602 g/mol. The summed E-state index contributed by atoms with van der Waals surface area (Å²) >= 11 is 0. The predicted octanol–water partition coefficient (Wildman–Crippen LogP) is 11.3. The SMILES string of the molecule is c1ccc(-c2cccc(-c3ccc4cc(-c5nc(-c6ccccc6)nc(-c6cccc7oc8ccccc8c67)n5)ccc4c3)c2)cc1. The summed E-state index contributed by atoms with van der Waals surface area (Å²) in [6.45, 7) is 0. The van der Waals surface area contributed by atoms with Gasteiger partial charge in [0.2, 0.25) is 0 Å². The molecule has 220 valence electrons. The highest BCUT2D eigenvalue weighted by molar-refractivity contribution is 6.11. The Balaban J connectivity index is 1.16. The topological polar surface area (TPSA) is 51.8 Å². The van der Waals surface area contributed by atoms with Crippen LogP contribution in [0.2, 0.25) is 0 Å². The van der Waals surface area contributed by atoms with Gasteiger partial charge in [-0.2, -0.15) is 0 Å². The van der Waals surface area contributed by atoms with Gasteiger partial charge in [0.05, 0.1) is 0 Å². The Kier molecular flexibility index (Phi) is 6.43. The molecule has 0 amide bonds. The first-order valence-electron chi connectivity index (χ1n) is 15.7. The summed E-state index contributed by atoms with van der Waals surface area (Å²) in [5.74, 6) is 1.86. The van der Waals surface area contributed by atoms with E-state index in [1.807, 2.05) is 66.7 Å². The van der Waals surface area contributed by atoms with E-state index >= 15 is 0 Å². The molecule has 0 saturated carbocycles. The lowest BCUT2D eigenvalue weighted by Crippen LogP contribution is -2.00. The summed E-state index contributed by atoms with van der Waals surface area (Å²) in [4.78, 5) is 15.1. The van der Waals surface area contributed by atoms with Crippen LogP contribution < -0.4 is 0 Å². The first kappa shape index (κ1) is 27.0. The number of benzene rings is 7. The molecule has 0 fully saturated rings. The second-order valence-electron chi connectivity index (χ2n) is 11.7. The second kappa shape index (κ2) is 11.2. The average Bonchev–Trinajstić information content (AvgIpc) is 3.54. The summed E-state index contributed by atoms with van der Waals surface area (Å²) in [5.41, 5.74) is 9.21. The molecule has 0 radical (unpaired) electrons. The largest absolute Gasteiger partial charge is 0.456 e. The van der Waals surface area contributed by atoms with Crippen molar-refractivity contribution in [2.75, 3.05) is 0 Å². The predicted molar refractivity (Wildman–Crippen MR) is 192 cm³/mol. The zero-order chi connectivity index (χ0) is 31.2. The van der Waals surface area contributed by atoms with Crippen molar-refractivity contribution in [3.05, 3.63) is 164 Å². The molecular weight excluding hydrogens is 574 g/mol. The number of nitrogens with zero attached hydrogens (tertiary/aromatic N) is 3. The number of hydrogen-bond acceptors (Lipinski definition) is 4. The maximum absolute atomic E-state index is 6.19. The lowest BCUT2D eigenvalue weighted by molar-refractivity contribution is 0.669. The van der Waals surface area contributed by atoms with Crippen LogP contribution in [-0.4, -0.2) is 15.0 Å². The minimum Gasteiger partial charge on any atom is -0.456 e. The zero-order valence-electron chi connectivity index (χ0n) is 25.3. The van der Waals surface area contributed by atoms with Crippen LogP contribution in [0, 0.1) is 0 Å². The second-order valence-corrected chi connectivity index (χ2v) is 11.7. The van der Waals surface area contributed by atoms with Crippen LogP contribution in [0.3, 0.4) is 0 Å². The van der Waals surface area contributed by atoms with Crippen LogP contribution in [0.25, 0.3) is 89.1 Å². The zero-order valence-corrected chi connectivity index (χ0v) is 25.3. The third kappa shape index (κ3) is 4.93. The molecule has 0 saturated heterocycles. The highest BCUT2D eigenvalue weighted by Crippen LogP contribution is 2.37. The van der Waals surface area contributed by atoms with Gasteiger partial charge in [0.25, 0.3) is 0 Å². The molecule has 0 aliphatic rings. The molecular formula is C43H27N3O. The summed E-state index contributed by atoms with van der Waals surface area (Å²) in [5, 5.41) is 4.32. The van der Waals surface area contributed by atoms with Gasteiger partial charge >= 0.3 is 0 Å². The van der Waals surface area contributed by atoms with E-state index in [1.54, 1.807) is 0 Å². The van der Waals surface area contributed by atoms with Crippen molar-refractivity contribution in [1.29, 1.82) is 0 Å². The molecule has 9 aromatic rings. The van der Waals surface area contributed by atoms with E-state index in [9.17, 15) is 0 Å². The molecule has 4 nitrogen and oxygen atoms in total. The van der Waals surface area contributed by atoms with E-state index in [4.69, 9.17) is 19.4 Å². The number of aromatic nitrogens is 3. The maximum atomic E-state index is 6.19. The van der Waals surface area contributed by atoms with Crippen molar-refractivity contribution >= 4 is 32.7 Å². The first-order valence-corrected chi connectivity index (χ1v) is 15.7. The quantitative estimate of drug-likeness (QED) is 0.197. The maximum Gasteiger partial charge on any atom is 0.164 e. The fourth-order valence-electron chi connectivity index (χ4n) is 6.38. The highest BCUT2D eigenvalue weighted by atomic mass is 16.3. The minimum absolute atomic E-state index is 0.611. The van der Waals surface area contributed by atoms with Gasteiger partial charge in [0.1, 0.15) is 11.2 Å². The van der Waals surface area contributed by atoms with Gasteiger partial charge in [-0.15, -0.1) is 0 Å². The Morgan fingerprint density at radius 2 is 0.872 bits per heavy atom. The molecule has 0 spiro atoms. The van der Waals surface area contributed by atoms with Crippen LogP contribution in [0.1, 0.15) is 0 Å². The summed E-state index contributed by atoms with van der Waals surface area (Å²) in [7, 11) is 0. The third-order valence-electron chi connectivity index (χ3n) is 8.71. The monoisotopic (exact) mass is 601 g/mol. The lowest BCUT2D eigenvalue weighted by Gasteiger charge is -2.11. The van der Waals surface area contributed by atoms with Gasteiger partial charge in [-0.3, -0.25) is 0 Å². The molecule has 0 N–H and O–H groups in total. The lowest BCUT2D eigenvalue weighted by atomic mass is 9.96. The molecule has 9 rings (SSSR count). The van der Waals surface area contributed by atoms with E-state index in [-0.39, 0.29) is 0 Å². The number of para-hydroxylation sites is 1. The molecule has 0 aliphatic carbocycles. The van der Waals surface area contributed by atoms with Gasteiger partial charge < -0.3 is 4.42 Å². The molecule has 47 heavy (non-hydrogen) atoms. The van der Waals surface area contributed by atoms with Crippen LogP contribution in [0.15, 0.2) is 168 Å². The molecule has 7 aromatic carbocycles. The third-order valence-corrected chi connectivity index (χ3v) is 8.71. The van der Waals surface area contributed by atoms with Crippen molar-refractivity contribution in [1.82, 2.24) is 15.0 Å². The van der Waals surface area contributed by atoms with Crippen LogP contribution in [0.4, 0.5) is 0 Å². The Hall–Kier alpha value is -6.39. The van der Waals surface area contributed by atoms with Crippen LogP contribution in [-0.2, 0) is 0 Å². The van der Waals surface area contributed by atoms with Gasteiger partial charge in [0.15, 0.2) is 17.5 Å². The molecule has 0 unspecified atom stereocenters. The van der Waals surface area contributed by atoms with E-state index in [0.29, 0.717) is 17.5 Å². The fraction of sp³-hybridized carbons (Fsp3) is 0. The Labute approximate surface area is 271 Å². The summed E-state index contributed by atoms with van der Waals surface area (Å²) in [6.07, 6.45) is 0. The van der Waals surface area contributed by atoms with Crippen molar-refractivity contribution in [3.63, 3.8) is 0 Å². The van der Waals surface area contributed by atoms with E-state index in [0.717, 1.165) is 49.4 Å². The van der Waals surface area contributed by atoms with Crippen molar-refractivity contribution in [3.8, 4) is 56.4 Å². The number of furan rings is 1. The van der Waals surface area contributed by atoms with Gasteiger partial charge in [-0.25, -0.2) is 15.0 Å². The molecule has 4 heteroatoms. The van der Waals surface area contributed by atoms with Gasteiger partial charge in [0, 0.05) is 27.5 Å². The first-order chi connectivity index (χ1) is 23.3. The smallest absolute Gasteiger partial charge is 0.164 e. The fourth-order valence-corrected chi connectivity index (χ4v) is 6.38. The molecule has 0 atom stereocenters. The Morgan fingerprint density at radius 1 is 0.340 bits per heavy atom.